The number of rotatable bonds is 5. The molecule has 2 aromatic rings. The Morgan fingerprint density at radius 3 is 2.51 bits per heavy atom. The summed E-state index contributed by atoms with van der Waals surface area (Å²) in [5.74, 6) is -3.27. The zero-order valence-electron chi connectivity index (χ0n) is 31.4. The van der Waals surface area contributed by atoms with Crippen LogP contribution in [0, 0.1) is 18.7 Å². The number of alkyl carbamates (subject to hydrolysis) is 1. The second-order valence-corrected chi connectivity index (χ2v) is 17.4. The maximum atomic E-state index is 14.5. The number of allylic oxidation sites excluding steroid dienone is 1. The van der Waals surface area contributed by atoms with Crippen molar-refractivity contribution in [3.8, 4) is 0 Å². The van der Waals surface area contributed by atoms with Crippen molar-refractivity contribution in [3.05, 3.63) is 77.1 Å². The molecule has 2 fully saturated rings. The van der Waals surface area contributed by atoms with Crippen molar-refractivity contribution in [3.63, 3.8) is 0 Å². The zero-order chi connectivity index (χ0) is 39.7. The Morgan fingerprint density at radius 2 is 1.78 bits per heavy atom. The minimum Gasteiger partial charge on any atom is -0.444 e. The van der Waals surface area contributed by atoms with Crippen molar-refractivity contribution < 1.29 is 46.3 Å². The molecule has 3 heterocycles. The molecule has 5 amide bonds. The van der Waals surface area contributed by atoms with Crippen LogP contribution in [-0.4, -0.2) is 84.0 Å². The Hall–Kier alpha value is -4.99. The van der Waals surface area contributed by atoms with Crippen molar-refractivity contribution in [2.75, 3.05) is 6.54 Å². The van der Waals surface area contributed by atoms with Gasteiger partial charge in [-0.3, -0.25) is 19.3 Å². The summed E-state index contributed by atoms with van der Waals surface area (Å²) in [6.45, 7) is 6.56. The number of nitrogens with one attached hydrogen (secondary N) is 3. The van der Waals surface area contributed by atoms with E-state index in [0.29, 0.717) is 36.0 Å². The molecule has 0 aromatic heterocycles. The molecule has 1 saturated heterocycles. The Bertz CT molecular complexity index is 2000. The van der Waals surface area contributed by atoms with Crippen LogP contribution in [0.2, 0.25) is 0 Å². The molecular formula is C39H48FN5O9S. The highest BCUT2D eigenvalue weighted by atomic mass is 32.2. The van der Waals surface area contributed by atoms with Crippen LogP contribution in [0.5, 0.6) is 0 Å². The van der Waals surface area contributed by atoms with Gasteiger partial charge in [-0.2, -0.15) is 0 Å². The fraction of sp³-hybridized carbons (Fsp3) is 0.513. The highest BCUT2D eigenvalue weighted by Gasteiger charge is 2.62. The van der Waals surface area contributed by atoms with Gasteiger partial charge in [-0.15, -0.1) is 0 Å². The van der Waals surface area contributed by atoms with Crippen LogP contribution in [0.4, 0.5) is 14.0 Å². The van der Waals surface area contributed by atoms with Crippen LogP contribution in [-0.2, 0) is 47.0 Å². The molecule has 55 heavy (non-hydrogen) atoms. The van der Waals surface area contributed by atoms with Crippen LogP contribution in [0.1, 0.15) is 82.4 Å². The number of halogens is 1. The van der Waals surface area contributed by atoms with Gasteiger partial charge in [0.25, 0.3) is 15.9 Å². The number of carbonyl (C=O) groups is 5. The van der Waals surface area contributed by atoms with Gasteiger partial charge in [0.2, 0.25) is 11.8 Å². The molecule has 1 unspecified atom stereocenters. The molecule has 4 aliphatic rings. The van der Waals surface area contributed by atoms with Gasteiger partial charge in [0.15, 0.2) is 0 Å². The Morgan fingerprint density at radius 1 is 1.02 bits per heavy atom. The van der Waals surface area contributed by atoms with E-state index in [4.69, 9.17) is 9.47 Å². The molecule has 296 valence electrons. The molecule has 0 bridgehead atoms. The third kappa shape index (κ3) is 8.95. The van der Waals surface area contributed by atoms with Crippen molar-refractivity contribution >= 4 is 39.9 Å². The average molecular weight is 782 g/mol. The Balaban J connectivity index is 1.27. The fourth-order valence-electron chi connectivity index (χ4n) is 7.47. The third-order valence-corrected chi connectivity index (χ3v) is 11.9. The quantitative estimate of drug-likeness (QED) is 0.372. The summed E-state index contributed by atoms with van der Waals surface area (Å²) in [6.07, 6.45) is 3.95. The summed E-state index contributed by atoms with van der Waals surface area (Å²) in [7, 11) is -4.32. The summed E-state index contributed by atoms with van der Waals surface area (Å²) in [5, 5.41) is 5.45. The lowest BCUT2D eigenvalue weighted by molar-refractivity contribution is -0.141. The minimum atomic E-state index is -4.32. The number of sulfonamides is 1. The lowest BCUT2D eigenvalue weighted by Crippen LogP contribution is -2.58. The van der Waals surface area contributed by atoms with Crippen LogP contribution in [0.15, 0.2) is 59.5 Å². The first-order chi connectivity index (χ1) is 26.0. The SMILES string of the molecule is Cc1ccccc1S(=O)(=O)NC(=O)[C@@]12C[C@H]1C=CCCCCC[C@H](NC(=O)OC(C)(C)C)C(=O)N1C[C@H](OC(=O)N3Cc4cccc(F)c4C3)CC1C(=O)N2. The van der Waals surface area contributed by atoms with E-state index in [1.807, 2.05) is 6.08 Å². The van der Waals surface area contributed by atoms with Crippen molar-refractivity contribution in [2.45, 2.75) is 120 Å². The monoisotopic (exact) mass is 781 g/mol. The highest BCUT2D eigenvalue weighted by molar-refractivity contribution is 7.90. The number of hydrogen-bond donors (Lipinski definition) is 3. The van der Waals surface area contributed by atoms with E-state index in [0.717, 1.165) is 6.42 Å². The number of hydrogen-bond acceptors (Lipinski definition) is 9. The molecule has 0 spiro atoms. The molecule has 1 aliphatic carbocycles. The highest BCUT2D eigenvalue weighted by Crippen LogP contribution is 2.46. The molecule has 3 aliphatic heterocycles. The maximum absolute atomic E-state index is 14.5. The van der Waals surface area contributed by atoms with E-state index in [1.165, 1.54) is 21.9 Å². The number of nitrogens with zero attached hydrogens (tertiary/aromatic N) is 2. The largest absolute Gasteiger partial charge is 0.444 e. The lowest BCUT2D eigenvalue weighted by Gasteiger charge is -2.30. The first-order valence-corrected chi connectivity index (χ1v) is 20.1. The Labute approximate surface area is 320 Å². The molecule has 14 nitrogen and oxygen atoms in total. The van der Waals surface area contributed by atoms with Gasteiger partial charge in [0, 0.05) is 24.4 Å². The van der Waals surface area contributed by atoms with Gasteiger partial charge in [-0.25, -0.2) is 27.1 Å². The van der Waals surface area contributed by atoms with E-state index >= 15 is 0 Å². The van der Waals surface area contributed by atoms with Crippen molar-refractivity contribution in [1.82, 2.24) is 25.2 Å². The summed E-state index contributed by atoms with van der Waals surface area (Å²) in [6, 6.07) is 8.42. The van der Waals surface area contributed by atoms with Crippen LogP contribution in [0.3, 0.4) is 0 Å². The van der Waals surface area contributed by atoms with E-state index in [9.17, 15) is 36.8 Å². The Kier molecular flexibility index (Phi) is 11.3. The number of fused-ring (bicyclic) bond motifs is 3. The minimum absolute atomic E-state index is 0.0139. The van der Waals surface area contributed by atoms with Gasteiger partial charge in [-0.1, -0.05) is 55.3 Å². The molecule has 6 rings (SSSR count). The van der Waals surface area contributed by atoms with Gasteiger partial charge in [0.1, 0.15) is 35.1 Å². The van der Waals surface area contributed by atoms with Gasteiger partial charge < -0.3 is 25.0 Å². The van der Waals surface area contributed by atoms with Gasteiger partial charge in [0.05, 0.1) is 18.0 Å². The van der Waals surface area contributed by atoms with E-state index in [1.54, 1.807) is 64.1 Å². The number of benzene rings is 2. The predicted molar refractivity (Wildman–Crippen MR) is 197 cm³/mol. The number of aryl methyl sites for hydroxylation is 1. The summed E-state index contributed by atoms with van der Waals surface area (Å²) in [5.41, 5.74) is -1.05. The topological polar surface area (TPSA) is 181 Å². The molecule has 16 heteroatoms. The fourth-order valence-corrected chi connectivity index (χ4v) is 8.75. The number of carbonyl (C=O) groups excluding carboxylic acids is 5. The van der Waals surface area contributed by atoms with Crippen molar-refractivity contribution in [2.24, 2.45) is 5.92 Å². The summed E-state index contributed by atoms with van der Waals surface area (Å²) >= 11 is 0. The summed E-state index contributed by atoms with van der Waals surface area (Å²) < 4.78 is 54.7. The molecule has 1 saturated carbocycles. The van der Waals surface area contributed by atoms with E-state index in [-0.39, 0.29) is 43.8 Å². The molecule has 2 aromatic carbocycles. The third-order valence-electron chi connectivity index (χ3n) is 10.4. The standard InChI is InChI=1S/C39H48FN5O9S/c1-24-13-10-11-18-32(24)55(51,52)43-35(48)39-20-26(39)15-8-6-5-7-9-17-30(41-36(49)54-38(2,3)4)34(47)45-22-27(19-31(45)33(46)42-39)53-37(50)44-21-25-14-12-16-29(40)28(25)23-44/h8,10-16,18,26-27,30-31H,5-7,9,17,19-23H2,1-4H3,(H,41,49)(H,42,46)(H,43,48)/t26-,27-,30+,31?,39-/m1/s1. The van der Waals surface area contributed by atoms with E-state index < -0.39 is 81.0 Å². The second kappa shape index (κ2) is 15.6. The first kappa shape index (κ1) is 39.7. The lowest BCUT2D eigenvalue weighted by atomic mass is 10.0. The molecule has 3 N–H and O–H groups in total. The van der Waals surface area contributed by atoms with Crippen LogP contribution in [0.25, 0.3) is 0 Å². The first-order valence-electron chi connectivity index (χ1n) is 18.6. The average Bonchev–Trinajstić information content (AvgIpc) is 3.40. The van der Waals surface area contributed by atoms with Gasteiger partial charge >= 0.3 is 12.2 Å². The second-order valence-electron chi connectivity index (χ2n) is 15.7. The molecule has 0 radical (unpaired) electrons. The van der Waals surface area contributed by atoms with Crippen LogP contribution >= 0.6 is 0 Å². The predicted octanol–water partition coefficient (Wildman–Crippen LogP) is 4.35. The number of amides is 5. The summed E-state index contributed by atoms with van der Waals surface area (Å²) in [4.78, 5) is 71.5. The molecule has 5 atom stereocenters. The smallest absolute Gasteiger partial charge is 0.410 e. The van der Waals surface area contributed by atoms with Crippen molar-refractivity contribution in [1.29, 1.82) is 0 Å². The normalized spacial score (nSPS) is 25.7. The van der Waals surface area contributed by atoms with Crippen LogP contribution < -0.4 is 15.4 Å². The number of ether oxygens (including phenoxy) is 2. The van der Waals surface area contributed by atoms with E-state index in [2.05, 4.69) is 15.4 Å². The molecular weight excluding hydrogens is 734 g/mol. The maximum Gasteiger partial charge on any atom is 0.410 e. The van der Waals surface area contributed by atoms with Gasteiger partial charge in [-0.05, 0) is 76.6 Å². The zero-order valence-corrected chi connectivity index (χ0v) is 32.2.